The number of carbonyl (C=O) groups excluding carboxylic acids is 1. The van der Waals surface area contributed by atoms with Crippen molar-refractivity contribution in [1.29, 1.82) is 0 Å². The van der Waals surface area contributed by atoms with Crippen molar-refractivity contribution in [3.63, 3.8) is 0 Å². The summed E-state index contributed by atoms with van der Waals surface area (Å²) in [6.07, 6.45) is 3.62. The minimum atomic E-state index is -0.0461. The summed E-state index contributed by atoms with van der Waals surface area (Å²) in [5, 5.41) is 10.4. The number of anilines is 1. The van der Waals surface area contributed by atoms with Crippen LogP contribution in [0.3, 0.4) is 0 Å². The summed E-state index contributed by atoms with van der Waals surface area (Å²) < 4.78 is 1.81. The van der Waals surface area contributed by atoms with Crippen LogP contribution in [-0.2, 0) is 6.54 Å². The van der Waals surface area contributed by atoms with Crippen LogP contribution < -0.4 is 10.6 Å². The number of benzene rings is 1. The number of hydrogen-bond acceptors (Lipinski definition) is 3. The fourth-order valence-electron chi connectivity index (χ4n) is 2.27. The molecule has 2 rings (SSSR count). The first-order valence-electron chi connectivity index (χ1n) is 7.23. The van der Waals surface area contributed by atoms with Gasteiger partial charge in [-0.1, -0.05) is 0 Å². The zero-order valence-electron chi connectivity index (χ0n) is 12.8. The second-order valence-electron chi connectivity index (χ2n) is 5.16. The lowest BCUT2D eigenvalue weighted by Crippen LogP contribution is -2.36. The standard InChI is InChI=1S/C16H22N4O/c1-4-17-14-6-7-15(12(2)10-14)16(21)19-13(3)11-20-9-5-8-18-20/h5-10,13,17H,4,11H2,1-3H3,(H,19,21). The maximum Gasteiger partial charge on any atom is 0.251 e. The van der Waals surface area contributed by atoms with Crippen LogP contribution in [0.2, 0.25) is 0 Å². The van der Waals surface area contributed by atoms with Gasteiger partial charge in [0.1, 0.15) is 0 Å². The average Bonchev–Trinajstić information content (AvgIpc) is 2.91. The van der Waals surface area contributed by atoms with Crippen molar-refractivity contribution in [3.8, 4) is 0 Å². The molecule has 1 atom stereocenters. The van der Waals surface area contributed by atoms with Crippen LogP contribution in [0.25, 0.3) is 0 Å². The fourth-order valence-corrected chi connectivity index (χ4v) is 2.27. The van der Waals surface area contributed by atoms with Crippen LogP contribution in [0, 0.1) is 6.92 Å². The predicted molar refractivity (Wildman–Crippen MR) is 84.5 cm³/mol. The zero-order valence-corrected chi connectivity index (χ0v) is 12.8. The molecule has 21 heavy (non-hydrogen) atoms. The van der Waals surface area contributed by atoms with Gasteiger partial charge in [0.05, 0.1) is 6.54 Å². The van der Waals surface area contributed by atoms with Crippen molar-refractivity contribution in [2.75, 3.05) is 11.9 Å². The molecule has 0 spiro atoms. The van der Waals surface area contributed by atoms with E-state index >= 15 is 0 Å². The highest BCUT2D eigenvalue weighted by molar-refractivity contribution is 5.96. The summed E-state index contributed by atoms with van der Waals surface area (Å²) in [4.78, 5) is 12.3. The van der Waals surface area contributed by atoms with Crippen molar-refractivity contribution in [2.45, 2.75) is 33.4 Å². The molecule has 0 bridgehead atoms. The van der Waals surface area contributed by atoms with Crippen LogP contribution in [-0.4, -0.2) is 28.3 Å². The molecular formula is C16H22N4O. The van der Waals surface area contributed by atoms with E-state index in [0.717, 1.165) is 17.8 Å². The molecule has 2 N–H and O–H groups in total. The van der Waals surface area contributed by atoms with Crippen molar-refractivity contribution in [1.82, 2.24) is 15.1 Å². The molecule has 1 amide bonds. The first-order chi connectivity index (χ1) is 10.1. The number of carbonyl (C=O) groups is 1. The summed E-state index contributed by atoms with van der Waals surface area (Å²) in [5.74, 6) is -0.0461. The number of amides is 1. The van der Waals surface area contributed by atoms with Gasteiger partial charge < -0.3 is 10.6 Å². The van der Waals surface area contributed by atoms with Gasteiger partial charge in [0, 0.05) is 36.2 Å². The molecular weight excluding hydrogens is 264 g/mol. The van der Waals surface area contributed by atoms with E-state index in [1.165, 1.54) is 0 Å². The number of nitrogens with zero attached hydrogens (tertiary/aromatic N) is 2. The molecule has 2 aromatic rings. The topological polar surface area (TPSA) is 59.0 Å². The largest absolute Gasteiger partial charge is 0.385 e. The molecule has 1 heterocycles. The third kappa shape index (κ3) is 4.08. The number of hydrogen-bond donors (Lipinski definition) is 2. The van der Waals surface area contributed by atoms with E-state index in [2.05, 4.69) is 15.7 Å². The van der Waals surface area contributed by atoms with Crippen LogP contribution in [0.5, 0.6) is 0 Å². The van der Waals surface area contributed by atoms with Gasteiger partial charge in [-0.15, -0.1) is 0 Å². The smallest absolute Gasteiger partial charge is 0.251 e. The van der Waals surface area contributed by atoms with Gasteiger partial charge in [0.25, 0.3) is 5.91 Å². The highest BCUT2D eigenvalue weighted by atomic mass is 16.1. The van der Waals surface area contributed by atoms with Crippen molar-refractivity contribution in [3.05, 3.63) is 47.8 Å². The molecule has 0 radical (unpaired) electrons. The van der Waals surface area contributed by atoms with Crippen molar-refractivity contribution in [2.24, 2.45) is 0 Å². The maximum absolute atomic E-state index is 12.3. The lowest BCUT2D eigenvalue weighted by Gasteiger charge is -2.15. The lowest BCUT2D eigenvalue weighted by molar-refractivity contribution is 0.0935. The Balaban J connectivity index is 1.99. The quantitative estimate of drug-likeness (QED) is 0.857. The summed E-state index contributed by atoms with van der Waals surface area (Å²) in [6, 6.07) is 7.69. The molecule has 0 aliphatic rings. The van der Waals surface area contributed by atoms with Gasteiger partial charge >= 0.3 is 0 Å². The number of rotatable bonds is 6. The Morgan fingerprint density at radius 1 is 1.43 bits per heavy atom. The second-order valence-corrected chi connectivity index (χ2v) is 5.16. The number of aryl methyl sites for hydroxylation is 1. The SMILES string of the molecule is CCNc1ccc(C(=O)NC(C)Cn2cccn2)c(C)c1. The Morgan fingerprint density at radius 2 is 2.24 bits per heavy atom. The van der Waals surface area contributed by atoms with E-state index in [1.807, 2.05) is 55.9 Å². The first-order valence-corrected chi connectivity index (χ1v) is 7.23. The van der Waals surface area contributed by atoms with Crippen LogP contribution in [0.4, 0.5) is 5.69 Å². The monoisotopic (exact) mass is 286 g/mol. The fraction of sp³-hybridized carbons (Fsp3) is 0.375. The Morgan fingerprint density at radius 3 is 2.86 bits per heavy atom. The highest BCUT2D eigenvalue weighted by Gasteiger charge is 2.12. The minimum Gasteiger partial charge on any atom is -0.385 e. The molecule has 0 fully saturated rings. The van der Waals surface area contributed by atoms with E-state index < -0.39 is 0 Å². The van der Waals surface area contributed by atoms with Crippen LogP contribution >= 0.6 is 0 Å². The summed E-state index contributed by atoms with van der Waals surface area (Å²) >= 11 is 0. The minimum absolute atomic E-state index is 0.0187. The summed E-state index contributed by atoms with van der Waals surface area (Å²) in [7, 11) is 0. The van der Waals surface area contributed by atoms with Gasteiger partial charge in [-0.2, -0.15) is 5.10 Å². The molecule has 1 aromatic heterocycles. The molecule has 1 aromatic carbocycles. The summed E-state index contributed by atoms with van der Waals surface area (Å²) in [6.45, 7) is 7.50. The molecule has 5 nitrogen and oxygen atoms in total. The van der Waals surface area contributed by atoms with E-state index in [4.69, 9.17) is 0 Å². The van der Waals surface area contributed by atoms with E-state index in [1.54, 1.807) is 6.20 Å². The van der Waals surface area contributed by atoms with Gasteiger partial charge in [-0.25, -0.2) is 0 Å². The Labute approximate surface area is 125 Å². The Kier molecular flexibility index (Phi) is 4.98. The first kappa shape index (κ1) is 15.1. The third-order valence-corrected chi connectivity index (χ3v) is 3.25. The van der Waals surface area contributed by atoms with Crippen LogP contribution in [0.1, 0.15) is 29.8 Å². The average molecular weight is 286 g/mol. The molecule has 112 valence electrons. The summed E-state index contributed by atoms with van der Waals surface area (Å²) in [5.41, 5.74) is 2.72. The molecule has 0 aliphatic carbocycles. The Hall–Kier alpha value is -2.30. The molecule has 0 saturated heterocycles. The third-order valence-electron chi connectivity index (χ3n) is 3.25. The predicted octanol–water partition coefficient (Wildman–Crippen LogP) is 2.44. The molecule has 5 heteroatoms. The molecule has 0 saturated carbocycles. The second kappa shape index (κ2) is 6.92. The Bertz CT molecular complexity index is 592. The van der Waals surface area contributed by atoms with Gasteiger partial charge in [-0.3, -0.25) is 9.48 Å². The normalized spacial score (nSPS) is 12.0. The number of aromatic nitrogens is 2. The highest BCUT2D eigenvalue weighted by Crippen LogP contribution is 2.15. The zero-order chi connectivity index (χ0) is 15.2. The maximum atomic E-state index is 12.3. The van der Waals surface area contributed by atoms with Crippen molar-refractivity contribution < 1.29 is 4.79 Å². The molecule has 1 unspecified atom stereocenters. The van der Waals surface area contributed by atoms with E-state index in [0.29, 0.717) is 12.1 Å². The van der Waals surface area contributed by atoms with Gasteiger partial charge in [-0.05, 0) is 50.6 Å². The van der Waals surface area contributed by atoms with Gasteiger partial charge in [0.2, 0.25) is 0 Å². The van der Waals surface area contributed by atoms with E-state index in [-0.39, 0.29) is 11.9 Å². The van der Waals surface area contributed by atoms with Gasteiger partial charge in [0.15, 0.2) is 0 Å². The van der Waals surface area contributed by atoms with Crippen LogP contribution in [0.15, 0.2) is 36.7 Å². The van der Waals surface area contributed by atoms with Crippen molar-refractivity contribution >= 4 is 11.6 Å². The molecule has 0 aliphatic heterocycles. The lowest BCUT2D eigenvalue weighted by atomic mass is 10.1. The number of nitrogens with one attached hydrogen (secondary N) is 2. The van der Waals surface area contributed by atoms with E-state index in [9.17, 15) is 4.79 Å².